The molecule has 0 atom stereocenters. The molecule has 1 N–H and O–H groups in total. The number of benzene rings is 1. The minimum Gasteiger partial charge on any atom is -0.497 e. The summed E-state index contributed by atoms with van der Waals surface area (Å²) >= 11 is 0. The van der Waals surface area contributed by atoms with Crippen LogP contribution in [0.3, 0.4) is 0 Å². The second-order valence-corrected chi connectivity index (χ2v) is 5.73. The van der Waals surface area contributed by atoms with Gasteiger partial charge in [0, 0.05) is 13.1 Å². The fourth-order valence-corrected chi connectivity index (χ4v) is 2.66. The summed E-state index contributed by atoms with van der Waals surface area (Å²) in [5.74, 6) is 0.847. The van der Waals surface area contributed by atoms with Crippen LogP contribution >= 0.6 is 0 Å². The molecule has 0 heterocycles. The lowest BCUT2D eigenvalue weighted by Crippen LogP contribution is -2.45. The summed E-state index contributed by atoms with van der Waals surface area (Å²) in [5.41, 5.74) is 1.01. The van der Waals surface area contributed by atoms with Crippen LogP contribution in [0.4, 0.5) is 4.79 Å². The summed E-state index contributed by atoms with van der Waals surface area (Å²) in [7, 11) is 1.66. The van der Waals surface area contributed by atoms with Gasteiger partial charge in [0.05, 0.1) is 12.6 Å². The first-order valence-corrected chi connectivity index (χ1v) is 7.87. The summed E-state index contributed by atoms with van der Waals surface area (Å²) in [6, 6.07) is 8.08. The van der Waals surface area contributed by atoms with Crippen molar-refractivity contribution < 1.29 is 9.53 Å². The Morgan fingerprint density at radius 3 is 2.19 bits per heavy atom. The number of nitrogens with zero attached hydrogens (tertiary/aromatic N) is 1. The summed E-state index contributed by atoms with van der Waals surface area (Å²) in [6.07, 6.45) is 4.00. The zero-order valence-electron chi connectivity index (χ0n) is 13.3. The normalized spacial score (nSPS) is 15.4. The van der Waals surface area contributed by atoms with Crippen molar-refractivity contribution in [2.45, 2.75) is 45.1 Å². The highest BCUT2D eigenvalue weighted by atomic mass is 16.5. The van der Waals surface area contributed by atoms with E-state index < -0.39 is 0 Å². The minimum atomic E-state index is -0.164. The first-order valence-electron chi connectivity index (χ1n) is 7.87. The summed E-state index contributed by atoms with van der Waals surface area (Å²) in [4.78, 5) is 14.4. The number of methoxy groups -OCH3 is 1. The molecule has 0 unspecified atom stereocenters. The van der Waals surface area contributed by atoms with E-state index in [-0.39, 0.29) is 11.6 Å². The Labute approximate surface area is 127 Å². The number of amides is 2. The highest BCUT2D eigenvalue weighted by Crippen LogP contribution is 2.45. The van der Waals surface area contributed by atoms with Gasteiger partial charge in [0.1, 0.15) is 5.75 Å². The zero-order valence-corrected chi connectivity index (χ0v) is 13.3. The number of ether oxygens (including phenoxy) is 1. The molecule has 21 heavy (non-hydrogen) atoms. The minimum absolute atomic E-state index is 0.0621. The van der Waals surface area contributed by atoms with Crippen molar-refractivity contribution in [1.29, 1.82) is 0 Å². The monoisotopic (exact) mass is 290 g/mol. The van der Waals surface area contributed by atoms with E-state index in [4.69, 9.17) is 4.74 Å². The van der Waals surface area contributed by atoms with Crippen LogP contribution in [-0.2, 0) is 5.54 Å². The topological polar surface area (TPSA) is 41.6 Å². The van der Waals surface area contributed by atoms with E-state index in [1.807, 2.05) is 17.0 Å². The lowest BCUT2D eigenvalue weighted by Gasteiger charge is -2.26. The number of hydrogen-bond donors (Lipinski definition) is 1. The van der Waals surface area contributed by atoms with E-state index in [1.54, 1.807) is 7.11 Å². The van der Waals surface area contributed by atoms with E-state index in [0.29, 0.717) is 0 Å². The molecule has 116 valence electrons. The number of carbonyl (C=O) groups is 1. The van der Waals surface area contributed by atoms with Gasteiger partial charge in [-0.25, -0.2) is 4.79 Å². The van der Waals surface area contributed by atoms with Crippen LogP contribution in [-0.4, -0.2) is 31.1 Å². The fourth-order valence-electron chi connectivity index (χ4n) is 2.66. The van der Waals surface area contributed by atoms with Crippen LogP contribution in [0.1, 0.15) is 45.1 Å². The van der Waals surface area contributed by atoms with Gasteiger partial charge in [0.25, 0.3) is 0 Å². The van der Waals surface area contributed by atoms with Gasteiger partial charge >= 0.3 is 6.03 Å². The first-order chi connectivity index (χ1) is 10.1. The molecule has 0 radical (unpaired) electrons. The van der Waals surface area contributed by atoms with Gasteiger partial charge in [-0.05, 0) is 43.4 Å². The van der Waals surface area contributed by atoms with Crippen LogP contribution in [0.15, 0.2) is 24.3 Å². The second-order valence-electron chi connectivity index (χ2n) is 5.73. The van der Waals surface area contributed by atoms with Gasteiger partial charge in [0.2, 0.25) is 0 Å². The second kappa shape index (κ2) is 6.83. The first kappa shape index (κ1) is 15.7. The molecule has 2 amide bonds. The SMILES string of the molecule is CCCN(CCC)C(=O)NC1(c2ccc(OC)cc2)CC1. The molecule has 0 bridgehead atoms. The Morgan fingerprint density at radius 1 is 1.19 bits per heavy atom. The third-order valence-electron chi connectivity index (χ3n) is 4.01. The third kappa shape index (κ3) is 3.69. The number of nitrogens with one attached hydrogen (secondary N) is 1. The number of urea groups is 1. The predicted molar refractivity (Wildman–Crippen MR) is 84.6 cm³/mol. The molecule has 2 rings (SSSR count). The van der Waals surface area contributed by atoms with Crippen LogP contribution in [0, 0.1) is 0 Å². The van der Waals surface area contributed by atoms with Crippen molar-refractivity contribution in [2.75, 3.05) is 20.2 Å². The Bertz CT molecular complexity index is 460. The summed E-state index contributed by atoms with van der Waals surface area (Å²) in [6.45, 7) is 5.84. The van der Waals surface area contributed by atoms with Crippen LogP contribution in [0.2, 0.25) is 0 Å². The molecule has 1 saturated carbocycles. The maximum absolute atomic E-state index is 12.5. The van der Waals surface area contributed by atoms with Crippen LogP contribution < -0.4 is 10.1 Å². The molecular weight excluding hydrogens is 264 g/mol. The highest BCUT2D eigenvalue weighted by molar-refractivity contribution is 5.76. The quantitative estimate of drug-likeness (QED) is 0.835. The molecule has 4 heteroatoms. The summed E-state index contributed by atoms with van der Waals surface area (Å²) in [5, 5.41) is 3.24. The summed E-state index contributed by atoms with van der Waals surface area (Å²) < 4.78 is 5.19. The van der Waals surface area contributed by atoms with Crippen molar-refractivity contribution in [3.05, 3.63) is 29.8 Å². The van der Waals surface area contributed by atoms with Crippen molar-refractivity contribution in [3.63, 3.8) is 0 Å². The molecule has 4 nitrogen and oxygen atoms in total. The predicted octanol–water partition coefficient (Wildman–Crippen LogP) is 3.52. The lowest BCUT2D eigenvalue weighted by atomic mass is 10.0. The molecule has 0 aliphatic heterocycles. The number of rotatable bonds is 7. The molecule has 1 fully saturated rings. The fraction of sp³-hybridized carbons (Fsp3) is 0.588. The van der Waals surface area contributed by atoms with E-state index in [2.05, 4.69) is 31.3 Å². The van der Waals surface area contributed by atoms with Crippen molar-refractivity contribution in [2.24, 2.45) is 0 Å². The van der Waals surface area contributed by atoms with E-state index in [1.165, 1.54) is 5.56 Å². The molecule has 0 saturated heterocycles. The molecule has 0 spiro atoms. The maximum atomic E-state index is 12.5. The smallest absolute Gasteiger partial charge is 0.318 e. The average molecular weight is 290 g/mol. The standard InChI is InChI=1S/C17H26N2O2/c1-4-12-19(13-5-2)16(20)18-17(10-11-17)14-6-8-15(21-3)9-7-14/h6-9H,4-5,10-13H2,1-3H3,(H,18,20). The third-order valence-corrected chi connectivity index (χ3v) is 4.01. The van der Waals surface area contributed by atoms with E-state index in [9.17, 15) is 4.79 Å². The van der Waals surface area contributed by atoms with Crippen molar-refractivity contribution in [3.8, 4) is 5.75 Å². The van der Waals surface area contributed by atoms with E-state index in [0.717, 1.165) is 44.5 Å². The Kier molecular flexibility index (Phi) is 5.10. The average Bonchev–Trinajstić information content (AvgIpc) is 3.28. The lowest BCUT2D eigenvalue weighted by molar-refractivity contribution is 0.192. The van der Waals surface area contributed by atoms with Gasteiger partial charge in [-0.15, -0.1) is 0 Å². The molecule has 0 aromatic heterocycles. The molecule has 1 aliphatic carbocycles. The van der Waals surface area contributed by atoms with Gasteiger partial charge in [-0.3, -0.25) is 0 Å². The number of hydrogen-bond acceptors (Lipinski definition) is 2. The van der Waals surface area contributed by atoms with Crippen LogP contribution in [0.25, 0.3) is 0 Å². The maximum Gasteiger partial charge on any atom is 0.318 e. The Morgan fingerprint density at radius 2 is 1.76 bits per heavy atom. The number of carbonyl (C=O) groups excluding carboxylic acids is 1. The highest BCUT2D eigenvalue weighted by Gasteiger charge is 2.46. The van der Waals surface area contributed by atoms with Gasteiger partial charge in [-0.1, -0.05) is 26.0 Å². The molecule has 1 aromatic carbocycles. The van der Waals surface area contributed by atoms with Crippen molar-refractivity contribution in [1.82, 2.24) is 10.2 Å². The molecule has 1 aromatic rings. The van der Waals surface area contributed by atoms with E-state index >= 15 is 0 Å². The molecular formula is C17H26N2O2. The van der Waals surface area contributed by atoms with Crippen LogP contribution in [0.5, 0.6) is 5.75 Å². The Hall–Kier alpha value is -1.71. The van der Waals surface area contributed by atoms with Gasteiger partial charge in [-0.2, -0.15) is 0 Å². The molecule has 1 aliphatic rings. The zero-order chi connectivity index (χ0) is 15.3. The largest absolute Gasteiger partial charge is 0.497 e. The van der Waals surface area contributed by atoms with Crippen molar-refractivity contribution >= 4 is 6.03 Å². The van der Waals surface area contributed by atoms with Gasteiger partial charge in [0.15, 0.2) is 0 Å². The Balaban J connectivity index is 2.04. The van der Waals surface area contributed by atoms with Gasteiger partial charge < -0.3 is 15.0 Å².